The van der Waals surface area contributed by atoms with Crippen LogP contribution in [0, 0.1) is 0 Å². The number of hydrogen-bond donors (Lipinski definition) is 1. The van der Waals surface area contributed by atoms with E-state index in [0.29, 0.717) is 30.2 Å². The zero-order valence-electron chi connectivity index (χ0n) is 12.9. The first-order valence-corrected chi connectivity index (χ1v) is 8.59. The van der Waals surface area contributed by atoms with Crippen LogP contribution < -0.4 is 9.47 Å². The van der Waals surface area contributed by atoms with Crippen LogP contribution in [0.25, 0.3) is 0 Å². The van der Waals surface area contributed by atoms with Crippen molar-refractivity contribution in [1.82, 2.24) is 4.90 Å². The topological polar surface area (TPSA) is 76.1 Å². The summed E-state index contributed by atoms with van der Waals surface area (Å²) in [4.78, 5) is 1.77. The first-order chi connectivity index (χ1) is 9.76. The second-order valence-electron chi connectivity index (χ2n) is 5.02. The molecule has 6 nitrogen and oxygen atoms in total. The molecule has 0 amide bonds. The second-order valence-corrected chi connectivity index (χ2v) is 7.28. The van der Waals surface area contributed by atoms with Gasteiger partial charge in [-0.25, -0.2) is 8.42 Å². The lowest BCUT2D eigenvalue weighted by molar-refractivity contribution is 0.127. The molecule has 0 aromatic heterocycles. The molecule has 21 heavy (non-hydrogen) atoms. The molecule has 0 saturated heterocycles. The molecule has 0 aliphatic rings. The number of rotatable bonds is 8. The summed E-state index contributed by atoms with van der Waals surface area (Å²) in [5.41, 5.74) is 0.643. The van der Waals surface area contributed by atoms with Crippen molar-refractivity contribution >= 4 is 9.84 Å². The molecule has 1 unspecified atom stereocenters. The number of aliphatic hydroxyl groups is 1. The van der Waals surface area contributed by atoms with Gasteiger partial charge in [-0.1, -0.05) is 0 Å². The van der Waals surface area contributed by atoms with Crippen LogP contribution in [-0.4, -0.2) is 64.8 Å². The van der Waals surface area contributed by atoms with E-state index in [2.05, 4.69) is 0 Å². The second kappa shape index (κ2) is 7.63. The lowest BCUT2D eigenvalue weighted by atomic mass is 10.1. The van der Waals surface area contributed by atoms with Crippen LogP contribution in [0.1, 0.15) is 11.7 Å². The van der Waals surface area contributed by atoms with Crippen LogP contribution in [0.15, 0.2) is 18.2 Å². The lowest BCUT2D eigenvalue weighted by Crippen LogP contribution is -2.29. The fourth-order valence-corrected chi connectivity index (χ4v) is 2.54. The summed E-state index contributed by atoms with van der Waals surface area (Å²) in [6.07, 6.45) is 0.430. The van der Waals surface area contributed by atoms with Crippen LogP contribution in [0.3, 0.4) is 0 Å². The van der Waals surface area contributed by atoms with Crippen molar-refractivity contribution in [3.05, 3.63) is 23.8 Å². The molecular formula is C14H23NO5S. The van der Waals surface area contributed by atoms with Gasteiger partial charge >= 0.3 is 0 Å². The van der Waals surface area contributed by atoms with Crippen molar-refractivity contribution in [2.24, 2.45) is 0 Å². The molecule has 0 radical (unpaired) electrons. The monoisotopic (exact) mass is 317 g/mol. The third-order valence-corrected chi connectivity index (χ3v) is 4.05. The van der Waals surface area contributed by atoms with Gasteiger partial charge in [0.15, 0.2) is 0 Å². The molecule has 1 atom stereocenters. The molecule has 0 fully saturated rings. The Bertz CT molecular complexity index is 558. The standard InChI is InChI=1S/C14H23NO5S/c1-15(7-8-21(4,17)18)10-13(16)12-6-5-11(19-2)9-14(12)20-3/h5-6,9,13,16H,7-8,10H2,1-4H3. The van der Waals surface area contributed by atoms with E-state index < -0.39 is 15.9 Å². The normalized spacial score (nSPS) is 13.2. The maximum Gasteiger partial charge on any atom is 0.148 e. The van der Waals surface area contributed by atoms with Crippen LogP contribution in [-0.2, 0) is 9.84 Å². The Kier molecular flexibility index (Phi) is 6.44. The average molecular weight is 317 g/mol. The molecule has 1 rings (SSSR count). The van der Waals surface area contributed by atoms with E-state index in [0.717, 1.165) is 0 Å². The van der Waals surface area contributed by atoms with E-state index in [1.54, 1.807) is 37.3 Å². The third-order valence-electron chi connectivity index (χ3n) is 3.13. The number of benzene rings is 1. The van der Waals surface area contributed by atoms with E-state index in [4.69, 9.17) is 9.47 Å². The van der Waals surface area contributed by atoms with E-state index in [1.807, 2.05) is 0 Å². The first kappa shape index (κ1) is 17.7. The number of hydrogen-bond acceptors (Lipinski definition) is 6. The number of ether oxygens (including phenoxy) is 2. The molecule has 1 aromatic rings. The molecule has 0 saturated carbocycles. The van der Waals surface area contributed by atoms with Gasteiger partial charge in [-0.05, 0) is 19.2 Å². The Morgan fingerprint density at radius 3 is 2.48 bits per heavy atom. The van der Waals surface area contributed by atoms with Gasteiger partial charge in [-0.2, -0.15) is 0 Å². The van der Waals surface area contributed by atoms with Crippen LogP contribution in [0.5, 0.6) is 11.5 Å². The quantitative estimate of drug-likeness (QED) is 0.761. The van der Waals surface area contributed by atoms with E-state index in [1.165, 1.54) is 13.4 Å². The molecule has 1 aromatic carbocycles. The number of sulfone groups is 1. The Balaban J connectivity index is 2.72. The molecule has 7 heteroatoms. The number of methoxy groups -OCH3 is 2. The number of nitrogens with zero attached hydrogens (tertiary/aromatic N) is 1. The summed E-state index contributed by atoms with van der Waals surface area (Å²) in [6, 6.07) is 5.19. The minimum atomic E-state index is -3.01. The summed E-state index contributed by atoms with van der Waals surface area (Å²) in [6.45, 7) is 0.687. The Hall–Kier alpha value is -1.31. The summed E-state index contributed by atoms with van der Waals surface area (Å²) in [7, 11) is 1.85. The van der Waals surface area contributed by atoms with Crippen LogP contribution in [0.2, 0.25) is 0 Å². The molecule has 0 aliphatic carbocycles. The summed E-state index contributed by atoms with van der Waals surface area (Å²) < 4.78 is 32.6. The average Bonchev–Trinajstić information content (AvgIpc) is 2.43. The molecule has 0 heterocycles. The minimum absolute atomic E-state index is 0.0654. The maximum absolute atomic E-state index is 11.1. The molecule has 0 aliphatic heterocycles. The Labute approximate surface area is 126 Å². The van der Waals surface area contributed by atoms with Gasteiger partial charge in [0.2, 0.25) is 0 Å². The van der Waals surface area contributed by atoms with Crippen molar-refractivity contribution in [2.45, 2.75) is 6.10 Å². The highest BCUT2D eigenvalue weighted by Gasteiger charge is 2.17. The highest BCUT2D eigenvalue weighted by atomic mass is 32.2. The van der Waals surface area contributed by atoms with Gasteiger partial charge in [-0.15, -0.1) is 0 Å². The zero-order chi connectivity index (χ0) is 16.0. The van der Waals surface area contributed by atoms with E-state index in [-0.39, 0.29) is 5.75 Å². The molecule has 1 N–H and O–H groups in total. The first-order valence-electron chi connectivity index (χ1n) is 6.53. The lowest BCUT2D eigenvalue weighted by Gasteiger charge is -2.22. The summed E-state index contributed by atoms with van der Waals surface area (Å²) >= 11 is 0. The van der Waals surface area contributed by atoms with Gasteiger partial charge in [0, 0.05) is 31.0 Å². The van der Waals surface area contributed by atoms with Gasteiger partial charge in [0.25, 0.3) is 0 Å². The fourth-order valence-electron chi connectivity index (χ4n) is 1.90. The van der Waals surface area contributed by atoms with Gasteiger partial charge in [-0.3, -0.25) is 0 Å². The van der Waals surface area contributed by atoms with Crippen molar-refractivity contribution in [3.63, 3.8) is 0 Å². The molecule has 0 bridgehead atoms. The predicted molar refractivity (Wildman–Crippen MR) is 81.7 cm³/mol. The van der Waals surface area contributed by atoms with Gasteiger partial charge in [0.1, 0.15) is 21.3 Å². The largest absolute Gasteiger partial charge is 0.497 e. The van der Waals surface area contributed by atoms with Gasteiger partial charge < -0.3 is 19.5 Å². The maximum atomic E-state index is 11.1. The fraction of sp³-hybridized carbons (Fsp3) is 0.571. The third kappa shape index (κ3) is 5.91. The molecule has 0 spiro atoms. The van der Waals surface area contributed by atoms with E-state index >= 15 is 0 Å². The van der Waals surface area contributed by atoms with Crippen molar-refractivity contribution < 1.29 is 23.0 Å². The van der Waals surface area contributed by atoms with Crippen molar-refractivity contribution in [2.75, 3.05) is 46.4 Å². The highest BCUT2D eigenvalue weighted by molar-refractivity contribution is 7.90. The summed E-state index contributed by atoms with van der Waals surface area (Å²) in [5, 5.41) is 10.3. The Morgan fingerprint density at radius 2 is 1.95 bits per heavy atom. The zero-order valence-corrected chi connectivity index (χ0v) is 13.7. The number of likely N-dealkylation sites (N-methyl/N-ethyl adjacent to an activating group) is 1. The number of aliphatic hydroxyl groups excluding tert-OH is 1. The smallest absolute Gasteiger partial charge is 0.148 e. The Morgan fingerprint density at radius 1 is 1.29 bits per heavy atom. The van der Waals surface area contributed by atoms with Gasteiger partial charge in [0.05, 0.1) is 26.1 Å². The summed E-state index contributed by atoms with van der Waals surface area (Å²) in [5.74, 6) is 1.25. The predicted octanol–water partition coefficient (Wildman–Crippen LogP) is 0.714. The highest BCUT2D eigenvalue weighted by Crippen LogP contribution is 2.29. The minimum Gasteiger partial charge on any atom is -0.497 e. The molecule has 120 valence electrons. The van der Waals surface area contributed by atoms with Crippen LogP contribution >= 0.6 is 0 Å². The van der Waals surface area contributed by atoms with Crippen molar-refractivity contribution in [1.29, 1.82) is 0 Å². The molecular weight excluding hydrogens is 294 g/mol. The van der Waals surface area contributed by atoms with E-state index in [9.17, 15) is 13.5 Å². The SMILES string of the molecule is COc1ccc(C(O)CN(C)CCS(C)(=O)=O)c(OC)c1. The van der Waals surface area contributed by atoms with Crippen LogP contribution in [0.4, 0.5) is 0 Å². The van der Waals surface area contributed by atoms with Crippen molar-refractivity contribution in [3.8, 4) is 11.5 Å².